The normalized spacial score (nSPS) is 28.2. The van der Waals surface area contributed by atoms with Gasteiger partial charge in [0.2, 0.25) is 5.91 Å². The zero-order chi connectivity index (χ0) is 13.9. The SMILES string of the molecule is O=C1C[C@H]2CS(=O)(=O)C[C@@H]2N1c1nc2ccccc2s1. The summed E-state index contributed by atoms with van der Waals surface area (Å²) in [7, 11) is -3.02. The van der Waals surface area contributed by atoms with Crippen LogP contribution in [0.15, 0.2) is 24.3 Å². The van der Waals surface area contributed by atoms with E-state index >= 15 is 0 Å². The molecule has 2 atom stereocenters. The van der Waals surface area contributed by atoms with Crippen molar-refractivity contribution in [2.75, 3.05) is 16.4 Å². The van der Waals surface area contributed by atoms with Gasteiger partial charge in [-0.2, -0.15) is 0 Å². The summed E-state index contributed by atoms with van der Waals surface area (Å²) in [6, 6.07) is 7.46. The Balaban J connectivity index is 1.78. The smallest absolute Gasteiger partial charge is 0.229 e. The highest BCUT2D eigenvalue weighted by Gasteiger charge is 2.50. The summed E-state index contributed by atoms with van der Waals surface area (Å²) in [6.07, 6.45) is 0.319. The van der Waals surface area contributed by atoms with Gasteiger partial charge in [0.15, 0.2) is 15.0 Å². The maximum Gasteiger partial charge on any atom is 0.229 e. The molecule has 0 radical (unpaired) electrons. The first-order chi connectivity index (χ1) is 9.53. The van der Waals surface area contributed by atoms with E-state index in [0.29, 0.717) is 11.6 Å². The van der Waals surface area contributed by atoms with E-state index in [9.17, 15) is 13.2 Å². The largest absolute Gasteiger partial charge is 0.284 e. The summed E-state index contributed by atoms with van der Waals surface area (Å²) in [5, 5.41) is 0.626. The molecule has 1 aromatic carbocycles. The van der Waals surface area contributed by atoms with Crippen LogP contribution in [0.3, 0.4) is 0 Å². The monoisotopic (exact) mass is 308 g/mol. The van der Waals surface area contributed by atoms with Gasteiger partial charge in [-0.15, -0.1) is 0 Å². The highest BCUT2D eigenvalue weighted by Crippen LogP contribution is 2.39. The van der Waals surface area contributed by atoms with Gasteiger partial charge in [0.1, 0.15) is 0 Å². The Morgan fingerprint density at radius 2 is 2.05 bits per heavy atom. The van der Waals surface area contributed by atoms with Crippen molar-refractivity contribution < 1.29 is 13.2 Å². The molecule has 20 heavy (non-hydrogen) atoms. The highest BCUT2D eigenvalue weighted by molar-refractivity contribution is 7.91. The molecule has 2 aromatic rings. The first-order valence-corrected chi connectivity index (χ1v) is 9.05. The van der Waals surface area contributed by atoms with E-state index in [2.05, 4.69) is 4.98 Å². The van der Waals surface area contributed by atoms with Crippen LogP contribution in [0.2, 0.25) is 0 Å². The van der Waals surface area contributed by atoms with Crippen LogP contribution in [0.4, 0.5) is 5.13 Å². The van der Waals surface area contributed by atoms with Crippen LogP contribution in [-0.2, 0) is 14.6 Å². The van der Waals surface area contributed by atoms with Crippen molar-refractivity contribution in [1.82, 2.24) is 4.98 Å². The van der Waals surface area contributed by atoms with Crippen molar-refractivity contribution in [3.05, 3.63) is 24.3 Å². The van der Waals surface area contributed by atoms with Crippen molar-refractivity contribution in [3.8, 4) is 0 Å². The Labute approximate surface area is 120 Å². The van der Waals surface area contributed by atoms with E-state index in [0.717, 1.165) is 10.2 Å². The third kappa shape index (κ3) is 1.76. The maximum absolute atomic E-state index is 12.2. The zero-order valence-electron chi connectivity index (χ0n) is 10.5. The number of nitrogens with zero attached hydrogens (tertiary/aromatic N) is 2. The second-order valence-electron chi connectivity index (χ2n) is 5.34. The van der Waals surface area contributed by atoms with Crippen molar-refractivity contribution in [3.63, 3.8) is 0 Å². The quantitative estimate of drug-likeness (QED) is 0.799. The molecule has 4 rings (SSSR count). The Bertz CT molecular complexity index is 779. The molecule has 0 N–H and O–H groups in total. The van der Waals surface area contributed by atoms with Crippen molar-refractivity contribution in [2.24, 2.45) is 5.92 Å². The highest BCUT2D eigenvalue weighted by atomic mass is 32.2. The molecule has 2 fully saturated rings. The second kappa shape index (κ2) is 4.02. The van der Waals surface area contributed by atoms with Gasteiger partial charge in [-0.25, -0.2) is 13.4 Å². The minimum atomic E-state index is -3.02. The lowest BCUT2D eigenvalue weighted by Gasteiger charge is -2.19. The number of thiazole rings is 1. The van der Waals surface area contributed by atoms with Gasteiger partial charge in [0.25, 0.3) is 0 Å². The molecule has 104 valence electrons. The summed E-state index contributed by atoms with van der Waals surface area (Å²) in [5.41, 5.74) is 0.851. The van der Waals surface area contributed by atoms with E-state index in [-0.39, 0.29) is 29.4 Å². The van der Waals surface area contributed by atoms with Crippen molar-refractivity contribution >= 4 is 42.4 Å². The van der Waals surface area contributed by atoms with Gasteiger partial charge in [-0.3, -0.25) is 9.69 Å². The number of amides is 1. The van der Waals surface area contributed by atoms with Crippen LogP contribution in [0.25, 0.3) is 10.2 Å². The van der Waals surface area contributed by atoms with E-state index in [1.54, 1.807) is 4.90 Å². The molecule has 0 bridgehead atoms. The molecule has 3 heterocycles. The van der Waals surface area contributed by atoms with Crippen LogP contribution < -0.4 is 4.90 Å². The molecule has 2 aliphatic rings. The van der Waals surface area contributed by atoms with E-state index < -0.39 is 9.84 Å². The summed E-state index contributed by atoms with van der Waals surface area (Å²) in [4.78, 5) is 18.3. The number of para-hydroxylation sites is 1. The summed E-state index contributed by atoms with van der Waals surface area (Å²) >= 11 is 1.45. The number of hydrogen-bond acceptors (Lipinski definition) is 5. The van der Waals surface area contributed by atoms with Crippen molar-refractivity contribution in [1.29, 1.82) is 0 Å². The first-order valence-electron chi connectivity index (χ1n) is 6.41. The molecular formula is C13H12N2O3S2. The second-order valence-corrected chi connectivity index (χ2v) is 8.50. The van der Waals surface area contributed by atoms with Gasteiger partial charge in [0.05, 0.1) is 27.8 Å². The molecule has 7 heteroatoms. The minimum absolute atomic E-state index is 0.00560. The minimum Gasteiger partial charge on any atom is -0.284 e. The predicted molar refractivity (Wildman–Crippen MR) is 77.7 cm³/mol. The average Bonchev–Trinajstić information content (AvgIpc) is 2.97. The lowest BCUT2D eigenvalue weighted by molar-refractivity contribution is -0.117. The fourth-order valence-electron chi connectivity index (χ4n) is 3.10. The molecule has 1 aromatic heterocycles. The molecule has 0 spiro atoms. The van der Waals surface area contributed by atoms with Gasteiger partial charge < -0.3 is 0 Å². The molecule has 2 aliphatic heterocycles. The fourth-order valence-corrected chi connectivity index (χ4v) is 6.21. The lowest BCUT2D eigenvalue weighted by atomic mass is 10.1. The predicted octanol–water partition coefficient (Wildman–Crippen LogP) is 1.45. The Morgan fingerprint density at radius 3 is 2.85 bits per heavy atom. The van der Waals surface area contributed by atoms with Crippen LogP contribution in [0.1, 0.15) is 6.42 Å². The lowest BCUT2D eigenvalue weighted by Crippen LogP contribution is -2.36. The van der Waals surface area contributed by atoms with E-state index in [1.807, 2.05) is 24.3 Å². The molecule has 0 aliphatic carbocycles. The number of carbonyl (C=O) groups is 1. The molecule has 5 nitrogen and oxygen atoms in total. The first kappa shape index (κ1) is 12.3. The number of benzene rings is 1. The number of rotatable bonds is 1. The summed E-state index contributed by atoms with van der Waals surface area (Å²) in [5.74, 6) is 0.123. The Kier molecular flexibility index (Phi) is 2.47. The van der Waals surface area contributed by atoms with Gasteiger partial charge in [0, 0.05) is 12.3 Å². The van der Waals surface area contributed by atoms with Crippen LogP contribution in [0.5, 0.6) is 0 Å². The number of anilines is 1. The van der Waals surface area contributed by atoms with Crippen LogP contribution in [-0.4, -0.2) is 36.9 Å². The van der Waals surface area contributed by atoms with Crippen LogP contribution >= 0.6 is 11.3 Å². The summed E-state index contributed by atoms with van der Waals surface area (Å²) < 4.78 is 24.5. The molecule has 0 unspecified atom stereocenters. The van der Waals surface area contributed by atoms with Gasteiger partial charge in [-0.05, 0) is 12.1 Å². The Morgan fingerprint density at radius 1 is 1.25 bits per heavy atom. The average molecular weight is 308 g/mol. The fraction of sp³-hybridized carbons (Fsp3) is 0.385. The molecular weight excluding hydrogens is 296 g/mol. The number of hydrogen-bond donors (Lipinski definition) is 0. The van der Waals surface area contributed by atoms with E-state index in [4.69, 9.17) is 0 Å². The van der Waals surface area contributed by atoms with Gasteiger partial charge in [-0.1, -0.05) is 23.5 Å². The third-order valence-electron chi connectivity index (χ3n) is 3.96. The standard InChI is InChI=1S/C13H12N2O3S2/c16-12-5-8-6-20(17,18)7-10(8)15(12)13-14-9-3-1-2-4-11(9)19-13/h1-4,8,10H,5-7H2/t8-,10-/m0/s1. The number of sulfone groups is 1. The van der Waals surface area contributed by atoms with E-state index in [1.165, 1.54) is 11.3 Å². The molecule has 0 saturated carbocycles. The number of aromatic nitrogens is 1. The molecule has 1 amide bonds. The van der Waals surface area contributed by atoms with Crippen LogP contribution in [0, 0.1) is 5.92 Å². The Hall–Kier alpha value is -1.47. The number of fused-ring (bicyclic) bond motifs is 2. The zero-order valence-corrected chi connectivity index (χ0v) is 12.2. The summed E-state index contributed by atoms with van der Waals surface area (Å²) in [6.45, 7) is 0. The topological polar surface area (TPSA) is 67.3 Å². The molecule has 2 saturated heterocycles. The van der Waals surface area contributed by atoms with Gasteiger partial charge >= 0.3 is 0 Å². The number of carbonyl (C=O) groups excluding carboxylic acids is 1. The third-order valence-corrected chi connectivity index (χ3v) is 6.78. The maximum atomic E-state index is 12.2. The van der Waals surface area contributed by atoms with Crippen molar-refractivity contribution in [2.45, 2.75) is 12.5 Å².